The van der Waals surface area contributed by atoms with Crippen molar-refractivity contribution in [2.75, 3.05) is 13.2 Å². The minimum Gasteiger partial charge on any atom is -0.481 e. The van der Waals surface area contributed by atoms with E-state index in [1.54, 1.807) is 13.8 Å². The zero-order valence-corrected chi connectivity index (χ0v) is 19.4. The van der Waals surface area contributed by atoms with E-state index in [0.29, 0.717) is 13.0 Å². The van der Waals surface area contributed by atoms with Gasteiger partial charge in [-0.15, -0.1) is 0 Å². The minimum absolute atomic E-state index is 0.0138. The Morgan fingerprint density at radius 3 is 2.18 bits per heavy atom. The predicted molar refractivity (Wildman–Crippen MR) is 126 cm³/mol. The van der Waals surface area contributed by atoms with Crippen molar-refractivity contribution in [2.24, 2.45) is 5.92 Å². The number of nitrogens with one attached hydrogen (secondary N) is 2. The summed E-state index contributed by atoms with van der Waals surface area (Å²) >= 11 is 0. The fourth-order valence-electron chi connectivity index (χ4n) is 4.34. The molecule has 1 atom stereocenters. The van der Waals surface area contributed by atoms with Crippen LogP contribution in [0.5, 0.6) is 0 Å². The quantitative estimate of drug-likeness (QED) is 0.498. The molecule has 1 aliphatic carbocycles. The molecule has 7 nitrogen and oxygen atoms in total. The number of rotatable bonds is 10. The lowest BCUT2D eigenvalue weighted by Gasteiger charge is -2.25. The predicted octanol–water partition coefficient (Wildman–Crippen LogP) is 4.31. The molecule has 0 heterocycles. The van der Waals surface area contributed by atoms with Crippen LogP contribution < -0.4 is 10.6 Å². The van der Waals surface area contributed by atoms with Crippen molar-refractivity contribution in [2.45, 2.75) is 51.5 Å². The van der Waals surface area contributed by atoms with E-state index in [4.69, 9.17) is 9.84 Å². The molecule has 0 spiro atoms. The molecule has 0 radical (unpaired) electrons. The number of carboxylic acid groups (broad SMARTS) is 1. The molecule has 0 saturated heterocycles. The molecule has 1 aliphatic rings. The van der Waals surface area contributed by atoms with Crippen LogP contribution in [-0.4, -0.2) is 41.8 Å². The summed E-state index contributed by atoms with van der Waals surface area (Å²) in [6, 6.07) is 16.4. The highest BCUT2D eigenvalue weighted by atomic mass is 16.5. The molecule has 0 fully saturated rings. The summed E-state index contributed by atoms with van der Waals surface area (Å²) in [5.74, 6) is -1.12. The Balaban J connectivity index is 1.42. The van der Waals surface area contributed by atoms with Crippen LogP contribution in [0.4, 0.5) is 4.79 Å². The smallest absolute Gasteiger partial charge is 0.407 e. The first-order chi connectivity index (χ1) is 15.7. The number of carbonyl (C=O) groups is 3. The van der Waals surface area contributed by atoms with Gasteiger partial charge in [-0.05, 0) is 48.4 Å². The lowest BCUT2D eigenvalue weighted by molar-refractivity contribution is -0.138. The van der Waals surface area contributed by atoms with Crippen molar-refractivity contribution in [3.8, 4) is 11.1 Å². The summed E-state index contributed by atoms with van der Waals surface area (Å²) in [5.41, 5.74) is 3.89. The summed E-state index contributed by atoms with van der Waals surface area (Å²) in [6.45, 7) is 5.94. The van der Waals surface area contributed by atoms with Crippen LogP contribution in [0.1, 0.15) is 57.1 Å². The zero-order chi connectivity index (χ0) is 24.0. The van der Waals surface area contributed by atoms with Gasteiger partial charge in [-0.25, -0.2) is 4.79 Å². The normalized spacial score (nSPS) is 13.5. The summed E-state index contributed by atoms with van der Waals surface area (Å²) in [7, 11) is 0. The third-order valence-electron chi connectivity index (χ3n) is 5.85. The number of alkyl carbamates (subject to hydrolysis) is 1. The van der Waals surface area contributed by atoms with E-state index in [1.165, 1.54) is 11.1 Å². The van der Waals surface area contributed by atoms with Gasteiger partial charge >= 0.3 is 12.1 Å². The van der Waals surface area contributed by atoms with E-state index in [1.807, 2.05) is 31.2 Å². The standard InChI is InChI=1S/C26H32N2O5/c1-17(14-23(29)28-26(2,3)15-24(30)31)12-13-27-25(32)33-16-22-20-10-6-4-8-18(20)19-9-5-7-11-21(19)22/h4-11,17,22H,12-16H2,1-3H3,(H,27,32)(H,28,29)(H,30,31). The van der Waals surface area contributed by atoms with Crippen molar-refractivity contribution in [3.05, 3.63) is 59.7 Å². The lowest BCUT2D eigenvalue weighted by atomic mass is 9.98. The molecule has 176 valence electrons. The number of benzene rings is 2. The van der Waals surface area contributed by atoms with Crippen LogP contribution in [0.15, 0.2) is 48.5 Å². The second-order valence-corrected chi connectivity index (χ2v) is 9.35. The minimum atomic E-state index is -0.958. The van der Waals surface area contributed by atoms with Gasteiger partial charge in [0.05, 0.1) is 6.42 Å². The van der Waals surface area contributed by atoms with Gasteiger partial charge in [0.25, 0.3) is 0 Å². The van der Waals surface area contributed by atoms with Crippen molar-refractivity contribution in [3.63, 3.8) is 0 Å². The molecule has 3 N–H and O–H groups in total. The third kappa shape index (κ3) is 6.57. The van der Waals surface area contributed by atoms with Gasteiger partial charge in [0.2, 0.25) is 5.91 Å². The van der Waals surface area contributed by atoms with Crippen LogP contribution in [0, 0.1) is 5.92 Å². The van der Waals surface area contributed by atoms with Gasteiger partial charge in [0.15, 0.2) is 0 Å². The molecule has 7 heteroatoms. The highest BCUT2D eigenvalue weighted by Crippen LogP contribution is 2.44. The largest absolute Gasteiger partial charge is 0.481 e. The molecule has 2 amide bonds. The van der Waals surface area contributed by atoms with Gasteiger partial charge in [-0.3, -0.25) is 9.59 Å². The first-order valence-corrected chi connectivity index (χ1v) is 11.3. The Labute approximate surface area is 194 Å². The van der Waals surface area contributed by atoms with Crippen molar-refractivity contribution < 1.29 is 24.2 Å². The van der Waals surface area contributed by atoms with E-state index in [2.05, 4.69) is 34.9 Å². The second kappa shape index (κ2) is 10.5. The summed E-state index contributed by atoms with van der Waals surface area (Å²) < 4.78 is 5.52. The van der Waals surface area contributed by atoms with E-state index in [0.717, 1.165) is 11.1 Å². The second-order valence-electron chi connectivity index (χ2n) is 9.35. The van der Waals surface area contributed by atoms with E-state index < -0.39 is 17.6 Å². The molecule has 3 rings (SSSR count). The fourth-order valence-corrected chi connectivity index (χ4v) is 4.34. The maximum atomic E-state index is 12.2. The number of fused-ring (bicyclic) bond motifs is 3. The average Bonchev–Trinajstić information content (AvgIpc) is 3.04. The van der Waals surface area contributed by atoms with Crippen molar-refractivity contribution in [1.82, 2.24) is 10.6 Å². The number of aliphatic carboxylic acids is 1. The van der Waals surface area contributed by atoms with E-state index >= 15 is 0 Å². The Hall–Kier alpha value is -3.35. The lowest BCUT2D eigenvalue weighted by Crippen LogP contribution is -2.45. The van der Waals surface area contributed by atoms with E-state index in [9.17, 15) is 14.4 Å². The maximum absolute atomic E-state index is 12.2. The van der Waals surface area contributed by atoms with Crippen LogP contribution in [0.25, 0.3) is 11.1 Å². The molecule has 0 aromatic heterocycles. The molecule has 33 heavy (non-hydrogen) atoms. The molecule has 1 unspecified atom stereocenters. The van der Waals surface area contributed by atoms with Crippen molar-refractivity contribution >= 4 is 18.0 Å². The number of amides is 2. The van der Waals surface area contributed by atoms with Crippen LogP contribution in [0.2, 0.25) is 0 Å². The summed E-state index contributed by atoms with van der Waals surface area (Å²) in [4.78, 5) is 35.3. The van der Waals surface area contributed by atoms with E-state index in [-0.39, 0.29) is 37.2 Å². The Morgan fingerprint density at radius 1 is 1.03 bits per heavy atom. The van der Waals surface area contributed by atoms with Gasteiger partial charge < -0.3 is 20.5 Å². The average molecular weight is 453 g/mol. The Bertz CT molecular complexity index is 972. The highest BCUT2D eigenvalue weighted by Gasteiger charge is 2.29. The van der Waals surface area contributed by atoms with Gasteiger partial charge in [0, 0.05) is 24.4 Å². The van der Waals surface area contributed by atoms with Gasteiger partial charge in [0.1, 0.15) is 6.61 Å². The number of carbonyl (C=O) groups excluding carboxylic acids is 2. The summed E-state index contributed by atoms with van der Waals surface area (Å²) in [6.07, 6.45) is 0.249. The zero-order valence-electron chi connectivity index (χ0n) is 19.4. The molecule has 0 aliphatic heterocycles. The SMILES string of the molecule is CC(CCNC(=O)OCC1c2ccccc2-c2ccccc21)CC(=O)NC(C)(C)CC(=O)O. The highest BCUT2D eigenvalue weighted by molar-refractivity contribution is 5.79. The first kappa shape index (κ1) is 24.3. The number of ether oxygens (including phenoxy) is 1. The van der Waals surface area contributed by atoms with Crippen molar-refractivity contribution in [1.29, 1.82) is 0 Å². The molecule has 2 aromatic carbocycles. The fraction of sp³-hybridized carbons (Fsp3) is 0.423. The van der Waals surface area contributed by atoms with Gasteiger partial charge in [-0.2, -0.15) is 0 Å². The number of hydrogen-bond donors (Lipinski definition) is 3. The molecule has 2 aromatic rings. The third-order valence-corrected chi connectivity index (χ3v) is 5.85. The Morgan fingerprint density at radius 2 is 1.61 bits per heavy atom. The van der Waals surface area contributed by atoms with Crippen LogP contribution >= 0.6 is 0 Å². The maximum Gasteiger partial charge on any atom is 0.407 e. The van der Waals surface area contributed by atoms with Crippen LogP contribution in [0.3, 0.4) is 0 Å². The van der Waals surface area contributed by atoms with Crippen LogP contribution in [-0.2, 0) is 14.3 Å². The molecule has 0 bridgehead atoms. The Kier molecular flexibility index (Phi) is 7.74. The topological polar surface area (TPSA) is 105 Å². The van der Waals surface area contributed by atoms with Gasteiger partial charge in [-0.1, -0.05) is 55.5 Å². The first-order valence-electron chi connectivity index (χ1n) is 11.3. The number of hydrogen-bond acceptors (Lipinski definition) is 4. The molecule has 0 saturated carbocycles. The number of carboxylic acids is 1. The summed E-state index contributed by atoms with van der Waals surface area (Å²) in [5, 5.41) is 14.4. The molecular formula is C26H32N2O5. The monoisotopic (exact) mass is 452 g/mol. The molecular weight excluding hydrogens is 420 g/mol.